The zero-order valence-electron chi connectivity index (χ0n) is 9.21. The molecule has 0 aliphatic carbocycles. The van der Waals surface area contributed by atoms with Crippen LogP contribution >= 0.6 is 0 Å². The Morgan fingerprint density at radius 3 is 2.00 bits per heavy atom. The third-order valence-corrected chi connectivity index (χ3v) is 2.55. The second-order valence-corrected chi connectivity index (χ2v) is 3.67. The first-order chi connectivity index (χ1) is 8.33. The Kier molecular flexibility index (Phi) is 3.32. The van der Waals surface area contributed by atoms with Crippen LogP contribution in [0.4, 0.5) is 0 Å². The Morgan fingerprint density at radius 2 is 1.47 bits per heavy atom. The van der Waals surface area contributed by atoms with E-state index in [0.717, 1.165) is 5.56 Å². The molecule has 0 saturated carbocycles. The lowest BCUT2D eigenvalue weighted by molar-refractivity contribution is 0.0975. The first kappa shape index (κ1) is 11.1. The Balaban J connectivity index is 2.33. The van der Waals surface area contributed by atoms with Crippen molar-refractivity contribution < 1.29 is 4.79 Å². The summed E-state index contributed by atoms with van der Waals surface area (Å²) in [6.07, 6.45) is 0. The van der Waals surface area contributed by atoms with Gasteiger partial charge in [-0.25, -0.2) is 6.57 Å². The van der Waals surface area contributed by atoms with Gasteiger partial charge in [0.15, 0.2) is 0 Å². The quantitative estimate of drug-likeness (QED) is 0.574. The summed E-state index contributed by atoms with van der Waals surface area (Å²) in [5, 5.41) is 0. The van der Waals surface area contributed by atoms with E-state index < -0.39 is 6.04 Å². The van der Waals surface area contributed by atoms with Crippen molar-refractivity contribution in [2.24, 2.45) is 0 Å². The Bertz CT molecular complexity index is 540. The van der Waals surface area contributed by atoms with Gasteiger partial charge in [-0.15, -0.1) is 0 Å². The lowest BCUT2D eigenvalue weighted by Crippen LogP contribution is -2.09. The van der Waals surface area contributed by atoms with Gasteiger partial charge < -0.3 is 0 Å². The zero-order chi connectivity index (χ0) is 12.1. The highest BCUT2D eigenvalue weighted by Gasteiger charge is 2.26. The molecule has 2 nitrogen and oxygen atoms in total. The van der Waals surface area contributed by atoms with E-state index in [4.69, 9.17) is 6.57 Å². The van der Waals surface area contributed by atoms with Crippen molar-refractivity contribution in [3.05, 3.63) is 83.2 Å². The van der Waals surface area contributed by atoms with Crippen LogP contribution in [-0.4, -0.2) is 5.78 Å². The van der Waals surface area contributed by atoms with E-state index in [-0.39, 0.29) is 5.78 Å². The molecule has 2 aromatic carbocycles. The summed E-state index contributed by atoms with van der Waals surface area (Å²) >= 11 is 0. The molecule has 0 N–H and O–H groups in total. The van der Waals surface area contributed by atoms with Crippen molar-refractivity contribution in [2.45, 2.75) is 6.04 Å². The van der Waals surface area contributed by atoms with Crippen LogP contribution in [0, 0.1) is 6.57 Å². The summed E-state index contributed by atoms with van der Waals surface area (Å²) in [7, 11) is 0. The number of carbonyl (C=O) groups excluding carboxylic acids is 1. The fourth-order valence-corrected chi connectivity index (χ4v) is 1.68. The minimum absolute atomic E-state index is 0.146. The van der Waals surface area contributed by atoms with Crippen molar-refractivity contribution in [3.63, 3.8) is 0 Å². The molecule has 1 unspecified atom stereocenters. The van der Waals surface area contributed by atoms with Crippen LogP contribution in [0.1, 0.15) is 22.0 Å². The molecular formula is C15H11NO. The van der Waals surface area contributed by atoms with Gasteiger partial charge >= 0.3 is 6.04 Å². The van der Waals surface area contributed by atoms with Gasteiger partial charge in [0.25, 0.3) is 0 Å². The van der Waals surface area contributed by atoms with Crippen LogP contribution in [0.25, 0.3) is 4.85 Å². The van der Waals surface area contributed by atoms with Crippen LogP contribution in [0.15, 0.2) is 60.7 Å². The Morgan fingerprint density at radius 1 is 0.941 bits per heavy atom. The number of ketones is 1. The highest BCUT2D eigenvalue weighted by molar-refractivity contribution is 6.01. The number of hydrogen-bond acceptors (Lipinski definition) is 1. The third kappa shape index (κ3) is 2.40. The lowest BCUT2D eigenvalue weighted by atomic mass is 9.98. The van der Waals surface area contributed by atoms with Gasteiger partial charge in [-0.2, -0.15) is 0 Å². The molecule has 0 aromatic heterocycles. The molecule has 17 heavy (non-hydrogen) atoms. The van der Waals surface area contributed by atoms with E-state index in [1.165, 1.54) is 0 Å². The molecule has 0 fully saturated rings. The normalized spacial score (nSPS) is 11.5. The fraction of sp³-hybridized carbons (Fsp3) is 0.0667. The standard InChI is InChI=1S/C15H11NO/c1-16-14(12-8-4-2-5-9-12)15(17)13-10-6-3-7-11-13/h2-11,14H. The molecule has 0 bridgehead atoms. The van der Waals surface area contributed by atoms with Gasteiger partial charge in [0, 0.05) is 11.1 Å². The number of benzene rings is 2. The van der Waals surface area contributed by atoms with Gasteiger partial charge in [-0.05, 0) is 0 Å². The summed E-state index contributed by atoms with van der Waals surface area (Å²) < 4.78 is 0. The van der Waals surface area contributed by atoms with E-state index in [1.54, 1.807) is 24.3 Å². The molecule has 2 aromatic rings. The van der Waals surface area contributed by atoms with Crippen molar-refractivity contribution >= 4 is 5.78 Å². The molecular weight excluding hydrogens is 210 g/mol. The maximum atomic E-state index is 12.2. The third-order valence-electron chi connectivity index (χ3n) is 2.55. The molecule has 0 spiro atoms. The Labute approximate surface area is 100 Å². The molecule has 1 atom stereocenters. The van der Waals surface area contributed by atoms with Crippen molar-refractivity contribution in [3.8, 4) is 0 Å². The Hall–Kier alpha value is -2.40. The second-order valence-electron chi connectivity index (χ2n) is 3.67. The molecule has 82 valence electrons. The topological polar surface area (TPSA) is 21.4 Å². The SMILES string of the molecule is [C-]#[N+]C(C(=O)c1ccccc1)c1ccccc1. The lowest BCUT2D eigenvalue weighted by Gasteiger charge is -2.04. The maximum absolute atomic E-state index is 12.2. The smallest absolute Gasteiger partial charge is 0.300 e. The van der Waals surface area contributed by atoms with Crippen LogP contribution < -0.4 is 0 Å². The number of rotatable bonds is 3. The highest BCUT2D eigenvalue weighted by atomic mass is 16.1. The van der Waals surface area contributed by atoms with Crippen LogP contribution in [-0.2, 0) is 0 Å². The summed E-state index contributed by atoms with van der Waals surface area (Å²) in [5.41, 5.74) is 1.33. The number of Topliss-reactive ketones (excluding diaryl/α,β-unsaturated/α-hetero) is 1. The number of carbonyl (C=O) groups is 1. The summed E-state index contributed by atoms with van der Waals surface area (Å²) in [5.74, 6) is -0.146. The van der Waals surface area contributed by atoms with Gasteiger partial charge in [0.05, 0.1) is 0 Å². The van der Waals surface area contributed by atoms with Crippen molar-refractivity contribution in [2.75, 3.05) is 0 Å². The molecule has 0 saturated heterocycles. The first-order valence-corrected chi connectivity index (χ1v) is 5.33. The minimum Gasteiger partial charge on any atom is -0.300 e. The molecule has 2 rings (SSSR count). The monoisotopic (exact) mass is 221 g/mol. The molecule has 0 aliphatic rings. The zero-order valence-corrected chi connectivity index (χ0v) is 9.21. The average molecular weight is 221 g/mol. The van der Waals surface area contributed by atoms with Crippen LogP contribution in [0.2, 0.25) is 0 Å². The van der Waals surface area contributed by atoms with Gasteiger partial charge in [0.1, 0.15) is 0 Å². The summed E-state index contributed by atoms with van der Waals surface area (Å²) in [4.78, 5) is 15.6. The average Bonchev–Trinajstić information content (AvgIpc) is 2.42. The number of nitrogens with zero attached hydrogens (tertiary/aromatic N) is 1. The molecule has 0 amide bonds. The fourth-order valence-electron chi connectivity index (χ4n) is 1.68. The van der Waals surface area contributed by atoms with Crippen molar-refractivity contribution in [1.82, 2.24) is 0 Å². The van der Waals surface area contributed by atoms with Gasteiger partial charge in [-0.1, -0.05) is 60.7 Å². The van der Waals surface area contributed by atoms with Crippen LogP contribution in [0.3, 0.4) is 0 Å². The minimum atomic E-state index is -0.737. The predicted molar refractivity (Wildman–Crippen MR) is 66.6 cm³/mol. The second kappa shape index (κ2) is 5.09. The summed E-state index contributed by atoms with van der Waals surface area (Å²) in [6.45, 7) is 7.18. The predicted octanol–water partition coefficient (Wildman–Crippen LogP) is 3.53. The van der Waals surface area contributed by atoms with Gasteiger partial charge in [-0.3, -0.25) is 9.64 Å². The van der Waals surface area contributed by atoms with E-state index in [1.807, 2.05) is 36.4 Å². The number of hydrogen-bond donors (Lipinski definition) is 0. The van der Waals surface area contributed by atoms with E-state index in [2.05, 4.69) is 4.85 Å². The molecule has 0 radical (unpaired) electrons. The van der Waals surface area contributed by atoms with E-state index >= 15 is 0 Å². The molecule has 0 aliphatic heterocycles. The van der Waals surface area contributed by atoms with E-state index in [9.17, 15) is 4.79 Å². The molecule has 2 heteroatoms. The highest BCUT2D eigenvalue weighted by Crippen LogP contribution is 2.22. The van der Waals surface area contributed by atoms with Crippen molar-refractivity contribution in [1.29, 1.82) is 0 Å². The van der Waals surface area contributed by atoms with Gasteiger partial charge in [0.2, 0.25) is 5.78 Å². The summed E-state index contributed by atoms with van der Waals surface area (Å²) in [6, 6.07) is 17.4. The maximum Gasteiger partial charge on any atom is 0.310 e. The van der Waals surface area contributed by atoms with E-state index in [0.29, 0.717) is 5.56 Å². The van der Waals surface area contributed by atoms with Crippen LogP contribution in [0.5, 0.6) is 0 Å². The first-order valence-electron chi connectivity index (χ1n) is 5.33. The largest absolute Gasteiger partial charge is 0.310 e. The molecule has 0 heterocycles.